The fourth-order valence-electron chi connectivity index (χ4n) is 1.96. The summed E-state index contributed by atoms with van der Waals surface area (Å²) < 4.78 is 1.04. The topological polar surface area (TPSA) is 53.4 Å². The summed E-state index contributed by atoms with van der Waals surface area (Å²) >= 11 is 3.41. The molecule has 0 bridgehead atoms. The Morgan fingerprint density at radius 1 is 1.33 bits per heavy atom. The average Bonchev–Trinajstić information content (AvgIpc) is 2.47. The van der Waals surface area contributed by atoms with E-state index in [1.807, 2.05) is 42.3 Å². The van der Waals surface area contributed by atoms with Crippen molar-refractivity contribution in [3.8, 4) is 0 Å². The van der Waals surface area contributed by atoms with Crippen LogP contribution in [0.25, 0.3) is 6.08 Å². The molecule has 108 valence electrons. The maximum absolute atomic E-state index is 10.7. The van der Waals surface area contributed by atoms with Crippen molar-refractivity contribution in [3.63, 3.8) is 0 Å². The Labute approximate surface area is 131 Å². The van der Waals surface area contributed by atoms with Crippen LogP contribution < -0.4 is 4.90 Å². The second-order valence-electron chi connectivity index (χ2n) is 4.57. The van der Waals surface area contributed by atoms with Crippen LogP contribution >= 0.6 is 15.9 Å². The Bertz CT molecular complexity index is 654. The van der Waals surface area contributed by atoms with E-state index in [2.05, 4.69) is 20.9 Å². The number of hydrogen-bond donors (Lipinski definition) is 1. The minimum Gasteiger partial charge on any atom is -0.478 e. The molecular weight excluding hydrogens is 332 g/mol. The smallest absolute Gasteiger partial charge is 0.328 e. The SMILES string of the molecule is CN(Cc1ccc(Br)cc1)c1ncccc1/C=C/C(=O)O. The highest BCUT2D eigenvalue weighted by molar-refractivity contribution is 9.10. The van der Waals surface area contributed by atoms with E-state index in [1.165, 1.54) is 0 Å². The van der Waals surface area contributed by atoms with Gasteiger partial charge in [-0.25, -0.2) is 9.78 Å². The lowest BCUT2D eigenvalue weighted by Crippen LogP contribution is -2.18. The van der Waals surface area contributed by atoms with Crippen LogP contribution in [0.3, 0.4) is 0 Å². The monoisotopic (exact) mass is 346 g/mol. The number of pyridine rings is 1. The van der Waals surface area contributed by atoms with Crippen molar-refractivity contribution in [1.82, 2.24) is 4.98 Å². The Balaban J connectivity index is 2.20. The summed E-state index contributed by atoms with van der Waals surface area (Å²) in [7, 11) is 1.93. The van der Waals surface area contributed by atoms with E-state index in [0.29, 0.717) is 6.54 Å². The van der Waals surface area contributed by atoms with Crippen LogP contribution in [0, 0.1) is 0 Å². The average molecular weight is 347 g/mol. The first-order valence-corrected chi connectivity index (χ1v) is 7.17. The fourth-order valence-corrected chi connectivity index (χ4v) is 2.22. The van der Waals surface area contributed by atoms with E-state index in [0.717, 1.165) is 27.5 Å². The van der Waals surface area contributed by atoms with Crippen molar-refractivity contribution in [1.29, 1.82) is 0 Å². The van der Waals surface area contributed by atoms with E-state index in [4.69, 9.17) is 5.11 Å². The van der Waals surface area contributed by atoms with Gasteiger partial charge in [0.15, 0.2) is 0 Å². The third-order valence-corrected chi connectivity index (χ3v) is 3.45. The molecule has 0 aliphatic heterocycles. The Morgan fingerprint density at radius 3 is 2.71 bits per heavy atom. The van der Waals surface area contributed by atoms with Crippen LogP contribution in [0.5, 0.6) is 0 Å². The minimum atomic E-state index is -0.972. The van der Waals surface area contributed by atoms with Crippen molar-refractivity contribution in [2.24, 2.45) is 0 Å². The van der Waals surface area contributed by atoms with E-state index < -0.39 is 5.97 Å². The van der Waals surface area contributed by atoms with Gasteiger partial charge in [0.2, 0.25) is 0 Å². The molecular formula is C16H15BrN2O2. The Kier molecular flexibility index (Phi) is 5.11. The van der Waals surface area contributed by atoms with E-state index in [1.54, 1.807) is 18.3 Å². The molecule has 1 aromatic heterocycles. The normalized spacial score (nSPS) is 10.8. The molecule has 5 heteroatoms. The molecule has 4 nitrogen and oxygen atoms in total. The van der Waals surface area contributed by atoms with Crippen LogP contribution in [0.1, 0.15) is 11.1 Å². The summed E-state index contributed by atoms with van der Waals surface area (Å²) in [5.74, 6) is -0.224. The van der Waals surface area contributed by atoms with Gasteiger partial charge in [-0.05, 0) is 35.9 Å². The van der Waals surface area contributed by atoms with Gasteiger partial charge in [-0.3, -0.25) is 0 Å². The molecule has 1 heterocycles. The van der Waals surface area contributed by atoms with Gasteiger partial charge >= 0.3 is 5.97 Å². The first kappa shape index (κ1) is 15.3. The Morgan fingerprint density at radius 2 is 2.05 bits per heavy atom. The van der Waals surface area contributed by atoms with Crippen molar-refractivity contribution >= 4 is 33.8 Å². The molecule has 0 saturated heterocycles. The van der Waals surface area contributed by atoms with Crippen molar-refractivity contribution < 1.29 is 9.90 Å². The predicted molar refractivity (Wildman–Crippen MR) is 87.2 cm³/mol. The number of carbonyl (C=O) groups is 1. The lowest BCUT2D eigenvalue weighted by atomic mass is 10.2. The van der Waals surface area contributed by atoms with Crippen LogP contribution in [0.2, 0.25) is 0 Å². The van der Waals surface area contributed by atoms with Gasteiger partial charge in [0, 0.05) is 35.9 Å². The molecule has 0 atom stereocenters. The molecule has 0 amide bonds. The molecule has 0 radical (unpaired) electrons. The van der Waals surface area contributed by atoms with Gasteiger partial charge in [-0.2, -0.15) is 0 Å². The molecule has 0 saturated carbocycles. The van der Waals surface area contributed by atoms with Crippen LogP contribution in [0.15, 0.2) is 53.1 Å². The Hall–Kier alpha value is -2.14. The van der Waals surface area contributed by atoms with Crippen LogP contribution in [-0.4, -0.2) is 23.1 Å². The molecule has 0 unspecified atom stereocenters. The maximum Gasteiger partial charge on any atom is 0.328 e. The number of aliphatic carboxylic acids is 1. The molecule has 21 heavy (non-hydrogen) atoms. The van der Waals surface area contributed by atoms with Crippen molar-refractivity contribution in [3.05, 3.63) is 64.3 Å². The number of benzene rings is 1. The summed E-state index contributed by atoms with van der Waals surface area (Å²) in [5.41, 5.74) is 1.93. The minimum absolute atomic E-state index is 0.693. The zero-order valence-electron chi connectivity index (χ0n) is 11.5. The van der Waals surface area contributed by atoms with Crippen molar-refractivity contribution in [2.45, 2.75) is 6.54 Å². The summed E-state index contributed by atoms with van der Waals surface area (Å²) in [6.45, 7) is 0.693. The highest BCUT2D eigenvalue weighted by atomic mass is 79.9. The summed E-state index contributed by atoms with van der Waals surface area (Å²) in [5, 5.41) is 8.74. The zero-order valence-corrected chi connectivity index (χ0v) is 13.1. The first-order chi connectivity index (χ1) is 10.1. The lowest BCUT2D eigenvalue weighted by molar-refractivity contribution is -0.131. The molecule has 2 aromatic rings. The molecule has 0 aliphatic carbocycles. The molecule has 1 aromatic carbocycles. The predicted octanol–water partition coefficient (Wildman–Crippen LogP) is 3.58. The quantitative estimate of drug-likeness (QED) is 0.840. The number of carboxylic acids is 1. The lowest BCUT2D eigenvalue weighted by Gasteiger charge is -2.20. The van der Waals surface area contributed by atoms with E-state index >= 15 is 0 Å². The zero-order chi connectivity index (χ0) is 15.2. The third-order valence-electron chi connectivity index (χ3n) is 2.92. The summed E-state index contributed by atoms with van der Waals surface area (Å²) in [4.78, 5) is 17.0. The molecule has 0 aliphatic rings. The van der Waals surface area contributed by atoms with Gasteiger partial charge in [0.1, 0.15) is 5.82 Å². The van der Waals surface area contributed by atoms with Crippen molar-refractivity contribution in [2.75, 3.05) is 11.9 Å². The molecule has 2 rings (SSSR count). The first-order valence-electron chi connectivity index (χ1n) is 6.38. The number of rotatable bonds is 5. The molecule has 1 N–H and O–H groups in total. The number of carboxylic acid groups (broad SMARTS) is 1. The highest BCUT2D eigenvalue weighted by Gasteiger charge is 2.07. The molecule has 0 fully saturated rings. The van der Waals surface area contributed by atoms with Gasteiger partial charge < -0.3 is 10.0 Å². The fraction of sp³-hybridized carbons (Fsp3) is 0.125. The van der Waals surface area contributed by atoms with Gasteiger partial charge in [-0.1, -0.05) is 28.1 Å². The standard InChI is InChI=1S/C16H15BrN2O2/c1-19(11-12-4-7-14(17)8-5-12)16-13(3-2-10-18-16)6-9-15(20)21/h2-10H,11H2,1H3,(H,20,21)/b9-6+. The highest BCUT2D eigenvalue weighted by Crippen LogP contribution is 2.20. The van der Waals surface area contributed by atoms with Gasteiger partial charge in [0.05, 0.1) is 0 Å². The van der Waals surface area contributed by atoms with Crippen LogP contribution in [-0.2, 0) is 11.3 Å². The third kappa shape index (κ3) is 4.43. The van der Waals surface area contributed by atoms with Gasteiger partial charge in [0.25, 0.3) is 0 Å². The molecule has 0 spiro atoms. The van der Waals surface area contributed by atoms with Gasteiger partial charge in [-0.15, -0.1) is 0 Å². The summed E-state index contributed by atoms with van der Waals surface area (Å²) in [6, 6.07) is 11.7. The maximum atomic E-state index is 10.7. The van der Waals surface area contributed by atoms with Crippen LogP contribution in [0.4, 0.5) is 5.82 Å². The van der Waals surface area contributed by atoms with E-state index in [9.17, 15) is 4.79 Å². The number of nitrogens with zero attached hydrogens (tertiary/aromatic N) is 2. The number of anilines is 1. The largest absolute Gasteiger partial charge is 0.478 e. The number of hydrogen-bond acceptors (Lipinski definition) is 3. The summed E-state index contributed by atoms with van der Waals surface area (Å²) in [6.07, 6.45) is 4.38. The second-order valence-corrected chi connectivity index (χ2v) is 5.49. The second kappa shape index (κ2) is 7.04. The van der Waals surface area contributed by atoms with E-state index in [-0.39, 0.29) is 0 Å². The number of halogens is 1. The number of aromatic nitrogens is 1.